The summed E-state index contributed by atoms with van der Waals surface area (Å²) in [4.78, 5) is 6.35. The van der Waals surface area contributed by atoms with E-state index < -0.39 is 0 Å². The molecule has 0 saturated carbocycles. The molecular formula is C9H16N4O. The second kappa shape index (κ2) is 4.52. The smallest absolute Gasteiger partial charge is 0.213 e. The fourth-order valence-electron chi connectivity index (χ4n) is 1.95. The predicted molar refractivity (Wildman–Crippen MR) is 51.4 cm³/mol. The van der Waals surface area contributed by atoms with Crippen LogP contribution in [-0.2, 0) is 6.54 Å². The van der Waals surface area contributed by atoms with Crippen LogP contribution in [0.3, 0.4) is 0 Å². The molecule has 78 valence electrons. The van der Waals surface area contributed by atoms with Gasteiger partial charge in [0.25, 0.3) is 0 Å². The molecule has 0 aromatic carbocycles. The topological polar surface area (TPSA) is 68.2 Å². The summed E-state index contributed by atoms with van der Waals surface area (Å²) in [6, 6.07) is 0. The third-order valence-corrected chi connectivity index (χ3v) is 2.71. The first-order valence-electron chi connectivity index (χ1n) is 5.06. The lowest BCUT2D eigenvalue weighted by Gasteiger charge is -2.30. The van der Waals surface area contributed by atoms with E-state index in [0.29, 0.717) is 5.92 Å². The van der Waals surface area contributed by atoms with E-state index in [2.05, 4.69) is 15.0 Å². The van der Waals surface area contributed by atoms with Crippen molar-refractivity contribution in [3.05, 3.63) is 12.2 Å². The van der Waals surface area contributed by atoms with Gasteiger partial charge in [0.05, 0.1) is 6.54 Å². The van der Waals surface area contributed by atoms with Gasteiger partial charge in [-0.15, -0.1) is 0 Å². The van der Waals surface area contributed by atoms with Crippen molar-refractivity contribution in [2.45, 2.75) is 19.4 Å². The number of nitrogens with zero attached hydrogens (tertiary/aromatic N) is 3. The van der Waals surface area contributed by atoms with Crippen LogP contribution in [0.2, 0.25) is 0 Å². The van der Waals surface area contributed by atoms with Gasteiger partial charge in [0.15, 0.2) is 5.82 Å². The van der Waals surface area contributed by atoms with E-state index in [1.165, 1.54) is 19.2 Å². The van der Waals surface area contributed by atoms with Gasteiger partial charge < -0.3 is 10.3 Å². The molecule has 1 fully saturated rings. The quantitative estimate of drug-likeness (QED) is 0.750. The van der Waals surface area contributed by atoms with E-state index in [4.69, 9.17) is 10.3 Å². The highest BCUT2D eigenvalue weighted by Gasteiger charge is 2.19. The minimum Gasteiger partial charge on any atom is -0.343 e. The first-order chi connectivity index (χ1) is 6.88. The zero-order valence-corrected chi connectivity index (χ0v) is 8.22. The van der Waals surface area contributed by atoms with Crippen LogP contribution < -0.4 is 5.73 Å². The summed E-state index contributed by atoms with van der Waals surface area (Å²) in [7, 11) is 0. The normalized spacial score (nSPS) is 23.9. The number of aromatic nitrogens is 2. The van der Waals surface area contributed by atoms with Crippen molar-refractivity contribution in [1.29, 1.82) is 0 Å². The molecule has 5 nitrogen and oxygen atoms in total. The van der Waals surface area contributed by atoms with Crippen molar-refractivity contribution in [1.82, 2.24) is 15.0 Å². The Morgan fingerprint density at radius 2 is 2.57 bits per heavy atom. The number of hydrogen-bond acceptors (Lipinski definition) is 5. The standard InChI is InChI=1S/C9H16N4O/c10-4-8-2-1-3-13(5-8)6-9-11-7-14-12-9/h7-8H,1-6,10H2/t8-/m1/s1. The summed E-state index contributed by atoms with van der Waals surface area (Å²) in [5.41, 5.74) is 5.66. The van der Waals surface area contributed by atoms with Crippen LogP contribution in [-0.4, -0.2) is 34.7 Å². The van der Waals surface area contributed by atoms with Crippen LogP contribution in [0.4, 0.5) is 0 Å². The summed E-state index contributed by atoms with van der Waals surface area (Å²) < 4.78 is 4.70. The molecule has 2 rings (SSSR count). The summed E-state index contributed by atoms with van der Waals surface area (Å²) in [6.07, 6.45) is 3.85. The minimum atomic E-state index is 0.635. The van der Waals surface area contributed by atoms with Crippen LogP contribution in [0, 0.1) is 5.92 Å². The Kier molecular flexibility index (Phi) is 3.10. The van der Waals surface area contributed by atoms with Gasteiger partial charge in [-0.2, -0.15) is 4.98 Å². The maximum atomic E-state index is 5.66. The minimum absolute atomic E-state index is 0.635. The summed E-state index contributed by atoms with van der Waals surface area (Å²) in [5.74, 6) is 1.40. The Balaban J connectivity index is 1.86. The number of rotatable bonds is 3. The molecule has 1 saturated heterocycles. The molecule has 2 N–H and O–H groups in total. The molecule has 0 spiro atoms. The molecule has 0 bridgehead atoms. The molecule has 1 aliphatic rings. The van der Waals surface area contributed by atoms with Crippen molar-refractivity contribution >= 4 is 0 Å². The molecule has 0 radical (unpaired) electrons. The van der Waals surface area contributed by atoms with Gasteiger partial charge in [-0.1, -0.05) is 5.16 Å². The highest BCUT2D eigenvalue weighted by molar-refractivity contribution is 4.81. The van der Waals surface area contributed by atoms with Gasteiger partial charge >= 0.3 is 0 Å². The van der Waals surface area contributed by atoms with E-state index in [1.54, 1.807) is 0 Å². The van der Waals surface area contributed by atoms with E-state index in [-0.39, 0.29) is 0 Å². The Bertz CT molecular complexity index is 262. The van der Waals surface area contributed by atoms with Crippen LogP contribution >= 0.6 is 0 Å². The van der Waals surface area contributed by atoms with Crippen LogP contribution in [0.1, 0.15) is 18.7 Å². The maximum absolute atomic E-state index is 5.66. The molecule has 14 heavy (non-hydrogen) atoms. The third-order valence-electron chi connectivity index (χ3n) is 2.71. The van der Waals surface area contributed by atoms with Crippen molar-refractivity contribution in [3.8, 4) is 0 Å². The fourth-order valence-corrected chi connectivity index (χ4v) is 1.95. The Labute approximate surface area is 83.3 Å². The van der Waals surface area contributed by atoms with Crippen LogP contribution in [0.15, 0.2) is 10.9 Å². The van der Waals surface area contributed by atoms with Gasteiger partial charge in [0.2, 0.25) is 6.39 Å². The Hall–Kier alpha value is -0.940. The van der Waals surface area contributed by atoms with Gasteiger partial charge in [0.1, 0.15) is 0 Å². The van der Waals surface area contributed by atoms with Gasteiger partial charge in [-0.05, 0) is 31.8 Å². The lowest BCUT2D eigenvalue weighted by Crippen LogP contribution is -2.38. The highest BCUT2D eigenvalue weighted by Crippen LogP contribution is 2.16. The largest absolute Gasteiger partial charge is 0.343 e. The molecule has 1 aromatic heterocycles. The first kappa shape index (κ1) is 9.61. The number of likely N-dealkylation sites (tertiary alicyclic amines) is 1. The van der Waals surface area contributed by atoms with E-state index in [9.17, 15) is 0 Å². The highest BCUT2D eigenvalue weighted by atomic mass is 16.5. The molecule has 1 aliphatic heterocycles. The molecule has 0 aliphatic carbocycles. The zero-order valence-electron chi connectivity index (χ0n) is 8.22. The lowest BCUT2D eigenvalue weighted by molar-refractivity contribution is 0.166. The van der Waals surface area contributed by atoms with Crippen molar-refractivity contribution in [3.63, 3.8) is 0 Å². The van der Waals surface area contributed by atoms with Gasteiger partial charge in [-0.3, -0.25) is 4.90 Å². The predicted octanol–water partition coefficient (Wildman–Crippen LogP) is 0.240. The molecular weight excluding hydrogens is 180 g/mol. The SMILES string of the molecule is NC[C@H]1CCCN(Cc2ncon2)C1. The van der Waals surface area contributed by atoms with Crippen molar-refractivity contribution in [2.24, 2.45) is 11.7 Å². The summed E-state index contributed by atoms with van der Waals surface area (Å²) in [5, 5.41) is 3.80. The number of nitrogens with two attached hydrogens (primary N) is 1. The molecule has 2 heterocycles. The Morgan fingerprint density at radius 3 is 3.29 bits per heavy atom. The number of hydrogen-bond donors (Lipinski definition) is 1. The monoisotopic (exact) mass is 196 g/mol. The third kappa shape index (κ3) is 2.30. The summed E-state index contributed by atoms with van der Waals surface area (Å²) >= 11 is 0. The zero-order chi connectivity index (χ0) is 9.80. The van der Waals surface area contributed by atoms with E-state index in [0.717, 1.165) is 32.0 Å². The summed E-state index contributed by atoms with van der Waals surface area (Å²) in [6.45, 7) is 3.74. The molecule has 1 atom stereocenters. The molecule has 1 aromatic rings. The maximum Gasteiger partial charge on any atom is 0.213 e. The Morgan fingerprint density at radius 1 is 1.64 bits per heavy atom. The lowest BCUT2D eigenvalue weighted by atomic mass is 9.98. The fraction of sp³-hybridized carbons (Fsp3) is 0.778. The van der Waals surface area contributed by atoms with Crippen LogP contribution in [0.25, 0.3) is 0 Å². The molecule has 0 unspecified atom stereocenters. The van der Waals surface area contributed by atoms with E-state index >= 15 is 0 Å². The van der Waals surface area contributed by atoms with Gasteiger partial charge in [-0.25, -0.2) is 0 Å². The van der Waals surface area contributed by atoms with Gasteiger partial charge in [0, 0.05) is 6.54 Å². The number of piperidine rings is 1. The first-order valence-corrected chi connectivity index (χ1v) is 5.06. The second-order valence-corrected chi connectivity index (χ2v) is 3.83. The molecule has 0 amide bonds. The average molecular weight is 196 g/mol. The molecule has 5 heteroatoms. The van der Waals surface area contributed by atoms with Crippen LogP contribution in [0.5, 0.6) is 0 Å². The average Bonchev–Trinajstić information content (AvgIpc) is 2.71. The van der Waals surface area contributed by atoms with Crippen molar-refractivity contribution < 1.29 is 4.52 Å². The second-order valence-electron chi connectivity index (χ2n) is 3.83. The van der Waals surface area contributed by atoms with Crippen molar-refractivity contribution in [2.75, 3.05) is 19.6 Å². The van der Waals surface area contributed by atoms with E-state index in [1.807, 2.05) is 0 Å².